The monoisotopic (exact) mass is 489 g/mol. The Morgan fingerprint density at radius 3 is 2.36 bits per heavy atom. The summed E-state index contributed by atoms with van der Waals surface area (Å²) < 4.78 is 33.4. The van der Waals surface area contributed by atoms with Gasteiger partial charge in [-0.05, 0) is 48.0 Å². The van der Waals surface area contributed by atoms with Crippen LogP contribution in [0.4, 0.5) is 0 Å². The van der Waals surface area contributed by atoms with Gasteiger partial charge in [-0.15, -0.1) is 0 Å². The zero-order chi connectivity index (χ0) is 25.2. The summed E-state index contributed by atoms with van der Waals surface area (Å²) in [5, 5.41) is 0.804. The molecule has 0 saturated heterocycles. The van der Waals surface area contributed by atoms with Crippen LogP contribution in [0, 0.1) is 0 Å². The van der Waals surface area contributed by atoms with E-state index < -0.39 is 5.63 Å². The van der Waals surface area contributed by atoms with Crippen molar-refractivity contribution in [3.05, 3.63) is 76.1 Å². The Hall–Kier alpha value is -4.17. The molecule has 8 heteroatoms. The lowest BCUT2D eigenvalue weighted by molar-refractivity contribution is 0.0889. The Balaban J connectivity index is 1.48. The summed E-state index contributed by atoms with van der Waals surface area (Å²) in [7, 11) is 6.37. The van der Waals surface area contributed by atoms with Crippen molar-refractivity contribution in [1.29, 1.82) is 0 Å². The molecule has 3 aromatic carbocycles. The third kappa shape index (κ3) is 4.31. The molecule has 4 aromatic rings. The maximum absolute atomic E-state index is 13.1. The third-order valence-corrected chi connectivity index (χ3v) is 6.30. The quantitative estimate of drug-likeness (QED) is 0.341. The van der Waals surface area contributed by atoms with Crippen LogP contribution in [-0.2, 0) is 13.1 Å². The Morgan fingerprint density at radius 2 is 1.61 bits per heavy atom. The lowest BCUT2D eigenvalue weighted by Crippen LogP contribution is -2.31. The van der Waals surface area contributed by atoms with Gasteiger partial charge in [-0.2, -0.15) is 0 Å². The van der Waals surface area contributed by atoms with Crippen molar-refractivity contribution in [2.24, 2.45) is 0 Å². The molecule has 8 nitrogen and oxygen atoms in total. The first-order valence-corrected chi connectivity index (χ1v) is 11.4. The minimum atomic E-state index is -0.448. The van der Waals surface area contributed by atoms with Gasteiger partial charge in [0.15, 0.2) is 11.5 Å². The van der Waals surface area contributed by atoms with Crippen LogP contribution < -0.4 is 29.3 Å². The van der Waals surface area contributed by atoms with Gasteiger partial charge in [0.2, 0.25) is 0 Å². The van der Waals surface area contributed by atoms with Gasteiger partial charge in [-0.25, -0.2) is 4.79 Å². The van der Waals surface area contributed by atoms with Crippen LogP contribution in [0.5, 0.6) is 28.7 Å². The zero-order valence-corrected chi connectivity index (χ0v) is 20.6. The van der Waals surface area contributed by atoms with Crippen LogP contribution in [0.2, 0.25) is 0 Å². The molecule has 0 unspecified atom stereocenters. The second-order valence-corrected chi connectivity index (χ2v) is 8.42. The van der Waals surface area contributed by atoms with E-state index in [1.807, 2.05) is 36.4 Å². The normalized spacial score (nSPS) is 13.1. The maximum Gasteiger partial charge on any atom is 0.344 e. The number of fused-ring (bicyclic) bond motifs is 3. The second kappa shape index (κ2) is 9.83. The second-order valence-electron chi connectivity index (χ2n) is 8.42. The first kappa shape index (κ1) is 23.6. The van der Waals surface area contributed by atoms with Crippen molar-refractivity contribution in [1.82, 2.24) is 4.90 Å². The van der Waals surface area contributed by atoms with Crippen LogP contribution in [-0.4, -0.2) is 40.1 Å². The molecule has 36 heavy (non-hydrogen) atoms. The SMILES string of the molecule is COc1ccc(-c2cc3ccc4c(c3oc2=O)CN(Cc2ccc(OC)c(OC)c2)CO4)c(OC)c1. The van der Waals surface area contributed by atoms with Crippen molar-refractivity contribution in [2.45, 2.75) is 13.1 Å². The van der Waals surface area contributed by atoms with Crippen LogP contribution in [0.25, 0.3) is 22.1 Å². The summed E-state index contributed by atoms with van der Waals surface area (Å²) in [5.41, 5.74) is 3.01. The largest absolute Gasteiger partial charge is 0.497 e. The molecule has 186 valence electrons. The van der Waals surface area contributed by atoms with Gasteiger partial charge in [-0.1, -0.05) is 6.07 Å². The van der Waals surface area contributed by atoms with Crippen molar-refractivity contribution >= 4 is 11.0 Å². The molecule has 0 aliphatic carbocycles. The number of hydrogen-bond donors (Lipinski definition) is 0. The molecule has 5 rings (SSSR count). The van der Waals surface area contributed by atoms with Crippen molar-refractivity contribution in [3.8, 4) is 39.9 Å². The average molecular weight is 490 g/mol. The van der Waals surface area contributed by atoms with E-state index in [9.17, 15) is 4.79 Å². The molecule has 1 aliphatic heterocycles. The lowest BCUT2D eigenvalue weighted by Gasteiger charge is -2.29. The molecule has 0 amide bonds. The van der Waals surface area contributed by atoms with Crippen LogP contribution in [0.15, 0.2) is 63.8 Å². The van der Waals surface area contributed by atoms with Crippen LogP contribution in [0.3, 0.4) is 0 Å². The highest BCUT2D eigenvalue weighted by atomic mass is 16.5. The lowest BCUT2D eigenvalue weighted by atomic mass is 10.0. The molecule has 0 atom stereocenters. The van der Waals surface area contributed by atoms with Gasteiger partial charge in [-0.3, -0.25) is 4.90 Å². The predicted octanol–water partition coefficient (Wildman–Crippen LogP) is 4.85. The summed E-state index contributed by atoms with van der Waals surface area (Å²) in [4.78, 5) is 15.2. The summed E-state index contributed by atoms with van der Waals surface area (Å²) >= 11 is 0. The highest BCUT2D eigenvalue weighted by Crippen LogP contribution is 2.37. The molecule has 2 heterocycles. The van der Waals surface area contributed by atoms with Crippen LogP contribution in [0.1, 0.15) is 11.1 Å². The highest BCUT2D eigenvalue weighted by molar-refractivity contribution is 5.87. The number of ether oxygens (including phenoxy) is 5. The number of nitrogens with zero attached hydrogens (tertiary/aromatic N) is 1. The van der Waals surface area contributed by atoms with Gasteiger partial charge < -0.3 is 28.1 Å². The Morgan fingerprint density at radius 1 is 0.806 bits per heavy atom. The number of rotatable bonds is 7. The molecule has 0 bridgehead atoms. The number of benzene rings is 3. The van der Waals surface area contributed by atoms with Gasteiger partial charge >= 0.3 is 5.63 Å². The van der Waals surface area contributed by atoms with E-state index in [1.54, 1.807) is 46.6 Å². The van der Waals surface area contributed by atoms with E-state index in [1.165, 1.54) is 0 Å². The fourth-order valence-corrected chi connectivity index (χ4v) is 4.49. The molecular weight excluding hydrogens is 462 g/mol. The fourth-order valence-electron chi connectivity index (χ4n) is 4.49. The minimum absolute atomic E-state index is 0.415. The maximum atomic E-state index is 13.1. The average Bonchev–Trinajstić information content (AvgIpc) is 2.92. The van der Waals surface area contributed by atoms with E-state index in [4.69, 9.17) is 28.1 Å². The molecule has 0 N–H and O–H groups in total. The topological polar surface area (TPSA) is 79.6 Å². The number of methoxy groups -OCH3 is 4. The minimum Gasteiger partial charge on any atom is -0.497 e. The van der Waals surface area contributed by atoms with E-state index in [0.29, 0.717) is 65.3 Å². The van der Waals surface area contributed by atoms with Gasteiger partial charge in [0.1, 0.15) is 29.6 Å². The van der Waals surface area contributed by atoms with Gasteiger partial charge in [0, 0.05) is 30.1 Å². The van der Waals surface area contributed by atoms with E-state index in [0.717, 1.165) is 16.5 Å². The van der Waals surface area contributed by atoms with Crippen molar-refractivity contribution in [2.75, 3.05) is 35.2 Å². The molecule has 0 fully saturated rings. The van der Waals surface area contributed by atoms with Gasteiger partial charge in [0.25, 0.3) is 0 Å². The predicted molar refractivity (Wildman–Crippen MR) is 135 cm³/mol. The van der Waals surface area contributed by atoms with Crippen LogP contribution >= 0.6 is 0 Å². The van der Waals surface area contributed by atoms with Crippen molar-refractivity contribution < 1.29 is 28.1 Å². The first-order valence-electron chi connectivity index (χ1n) is 11.4. The fraction of sp³-hybridized carbons (Fsp3) is 0.250. The van der Waals surface area contributed by atoms with Gasteiger partial charge in [0.05, 0.1) is 39.6 Å². The Kier molecular flexibility index (Phi) is 6.43. The smallest absolute Gasteiger partial charge is 0.344 e. The standard InChI is InChI=1S/C28H27NO7/c1-31-19-7-8-20(25(13-19)33-3)21-12-18-6-10-23-22(27(18)36-28(21)30)15-29(16-35-23)14-17-5-9-24(32-2)26(11-17)34-4/h5-13H,14-16H2,1-4H3. The molecule has 0 saturated carbocycles. The summed E-state index contributed by atoms with van der Waals surface area (Å²) in [6.07, 6.45) is 0. The molecule has 1 aromatic heterocycles. The third-order valence-electron chi connectivity index (χ3n) is 6.30. The molecule has 0 radical (unpaired) electrons. The van der Waals surface area contributed by atoms with E-state index >= 15 is 0 Å². The Bertz CT molecular complexity index is 1480. The zero-order valence-electron chi connectivity index (χ0n) is 20.6. The summed E-state index contributed by atoms with van der Waals surface area (Å²) in [6.45, 7) is 1.61. The summed E-state index contributed by atoms with van der Waals surface area (Å²) in [6, 6.07) is 16.8. The Labute approximate surface area is 208 Å². The number of hydrogen-bond acceptors (Lipinski definition) is 8. The highest BCUT2D eigenvalue weighted by Gasteiger charge is 2.23. The van der Waals surface area contributed by atoms with E-state index in [2.05, 4.69) is 4.90 Å². The molecule has 1 aliphatic rings. The van der Waals surface area contributed by atoms with Crippen molar-refractivity contribution in [3.63, 3.8) is 0 Å². The molecule has 0 spiro atoms. The summed E-state index contributed by atoms with van der Waals surface area (Å²) in [5.74, 6) is 3.23. The van der Waals surface area contributed by atoms with E-state index in [-0.39, 0.29) is 0 Å². The first-order chi connectivity index (χ1) is 17.5. The molecular formula is C28H27NO7.